The summed E-state index contributed by atoms with van der Waals surface area (Å²) >= 11 is 0. The quantitative estimate of drug-likeness (QED) is 0.681. The molecule has 0 aromatic heterocycles. The standard InChI is InChI=1S/C14H27NO/c1-11-6-4-7-12(2)14(11)10-15-13(3)8-5-9-16/h6,12-16H,4-5,7-10H2,1-3H3/t12-,13-,14+/m0/s1. The van der Waals surface area contributed by atoms with E-state index in [0.29, 0.717) is 18.6 Å². The van der Waals surface area contributed by atoms with E-state index in [1.165, 1.54) is 12.8 Å². The molecule has 0 saturated heterocycles. The minimum atomic E-state index is 0.310. The van der Waals surface area contributed by atoms with Gasteiger partial charge in [-0.1, -0.05) is 18.6 Å². The number of allylic oxidation sites excluding steroid dienone is 1. The van der Waals surface area contributed by atoms with Gasteiger partial charge in [0.15, 0.2) is 0 Å². The molecule has 0 spiro atoms. The number of hydrogen-bond acceptors (Lipinski definition) is 2. The molecule has 94 valence electrons. The zero-order valence-corrected chi connectivity index (χ0v) is 11.0. The average Bonchev–Trinajstić information content (AvgIpc) is 2.25. The van der Waals surface area contributed by atoms with Gasteiger partial charge in [-0.2, -0.15) is 0 Å². The Kier molecular flexibility index (Phi) is 6.07. The van der Waals surface area contributed by atoms with Crippen molar-refractivity contribution in [3.8, 4) is 0 Å². The highest BCUT2D eigenvalue weighted by Crippen LogP contribution is 2.29. The van der Waals surface area contributed by atoms with Crippen LogP contribution in [0.15, 0.2) is 11.6 Å². The van der Waals surface area contributed by atoms with Crippen LogP contribution in [-0.4, -0.2) is 24.3 Å². The Labute approximate surface area is 100 Å². The van der Waals surface area contributed by atoms with E-state index >= 15 is 0 Å². The number of rotatable bonds is 6. The highest BCUT2D eigenvalue weighted by Gasteiger charge is 2.21. The van der Waals surface area contributed by atoms with E-state index in [1.807, 2.05) is 0 Å². The molecule has 0 saturated carbocycles. The molecule has 0 aliphatic heterocycles. The van der Waals surface area contributed by atoms with Crippen molar-refractivity contribution in [3.63, 3.8) is 0 Å². The molecule has 2 N–H and O–H groups in total. The predicted octanol–water partition coefficient (Wildman–Crippen LogP) is 2.73. The molecule has 1 aliphatic rings. The van der Waals surface area contributed by atoms with Crippen molar-refractivity contribution >= 4 is 0 Å². The lowest BCUT2D eigenvalue weighted by Crippen LogP contribution is -2.35. The van der Waals surface area contributed by atoms with Gasteiger partial charge in [-0.3, -0.25) is 0 Å². The van der Waals surface area contributed by atoms with Gasteiger partial charge in [0.2, 0.25) is 0 Å². The topological polar surface area (TPSA) is 32.3 Å². The lowest BCUT2D eigenvalue weighted by Gasteiger charge is -2.30. The highest BCUT2D eigenvalue weighted by atomic mass is 16.2. The zero-order valence-electron chi connectivity index (χ0n) is 11.0. The first-order valence-corrected chi connectivity index (χ1v) is 6.66. The van der Waals surface area contributed by atoms with E-state index in [2.05, 4.69) is 32.2 Å². The SMILES string of the molecule is CC1=CCC[C@H](C)[C@@H]1CN[C@@H](C)CCCO. The Hall–Kier alpha value is -0.340. The van der Waals surface area contributed by atoms with E-state index in [4.69, 9.17) is 5.11 Å². The van der Waals surface area contributed by atoms with Crippen LogP contribution in [0.5, 0.6) is 0 Å². The van der Waals surface area contributed by atoms with E-state index in [0.717, 1.165) is 25.3 Å². The van der Waals surface area contributed by atoms with E-state index in [1.54, 1.807) is 5.57 Å². The normalized spacial score (nSPS) is 27.6. The van der Waals surface area contributed by atoms with Gasteiger partial charge in [-0.25, -0.2) is 0 Å². The summed E-state index contributed by atoms with van der Waals surface area (Å²) in [7, 11) is 0. The molecule has 2 heteroatoms. The molecule has 0 heterocycles. The van der Waals surface area contributed by atoms with Gasteiger partial charge in [0.1, 0.15) is 0 Å². The van der Waals surface area contributed by atoms with E-state index in [9.17, 15) is 0 Å². The first-order valence-electron chi connectivity index (χ1n) is 6.66. The molecule has 0 amide bonds. The van der Waals surface area contributed by atoms with Gasteiger partial charge in [0.05, 0.1) is 0 Å². The van der Waals surface area contributed by atoms with Crippen LogP contribution >= 0.6 is 0 Å². The summed E-state index contributed by atoms with van der Waals surface area (Å²) in [5.74, 6) is 1.52. The van der Waals surface area contributed by atoms with Crippen LogP contribution in [0.4, 0.5) is 0 Å². The van der Waals surface area contributed by atoms with Gasteiger partial charge in [-0.05, 0) is 51.4 Å². The van der Waals surface area contributed by atoms with Crippen LogP contribution in [0.25, 0.3) is 0 Å². The fourth-order valence-electron chi connectivity index (χ4n) is 2.57. The highest BCUT2D eigenvalue weighted by molar-refractivity contribution is 5.09. The Bertz CT molecular complexity index is 225. The number of hydrogen-bond donors (Lipinski definition) is 2. The number of aliphatic hydroxyl groups excluding tert-OH is 1. The summed E-state index contributed by atoms with van der Waals surface area (Å²) in [6, 6.07) is 0.522. The van der Waals surface area contributed by atoms with Crippen LogP contribution in [0.1, 0.15) is 46.5 Å². The summed E-state index contributed by atoms with van der Waals surface area (Å²) in [5, 5.41) is 12.4. The molecule has 0 bridgehead atoms. The monoisotopic (exact) mass is 225 g/mol. The number of aliphatic hydroxyl groups is 1. The smallest absolute Gasteiger partial charge is 0.0431 e. The Morgan fingerprint density at radius 1 is 1.56 bits per heavy atom. The largest absolute Gasteiger partial charge is 0.396 e. The molecular formula is C14H27NO. The van der Waals surface area contributed by atoms with Crippen LogP contribution in [0.3, 0.4) is 0 Å². The third kappa shape index (κ3) is 4.26. The van der Waals surface area contributed by atoms with Crippen molar-refractivity contribution in [2.24, 2.45) is 11.8 Å². The summed E-state index contributed by atoms with van der Waals surface area (Å²) in [4.78, 5) is 0. The second-order valence-corrected chi connectivity index (χ2v) is 5.28. The molecule has 16 heavy (non-hydrogen) atoms. The van der Waals surface area contributed by atoms with Gasteiger partial charge in [0, 0.05) is 19.2 Å². The second-order valence-electron chi connectivity index (χ2n) is 5.28. The lowest BCUT2D eigenvalue weighted by molar-refractivity contribution is 0.272. The van der Waals surface area contributed by atoms with Crippen molar-refractivity contribution in [3.05, 3.63) is 11.6 Å². The Morgan fingerprint density at radius 3 is 2.94 bits per heavy atom. The van der Waals surface area contributed by atoms with Crippen molar-refractivity contribution in [1.29, 1.82) is 0 Å². The Balaban J connectivity index is 2.30. The van der Waals surface area contributed by atoms with Crippen molar-refractivity contribution < 1.29 is 5.11 Å². The maximum Gasteiger partial charge on any atom is 0.0431 e. The Morgan fingerprint density at radius 2 is 2.31 bits per heavy atom. The van der Waals surface area contributed by atoms with Crippen molar-refractivity contribution in [1.82, 2.24) is 5.32 Å². The fourth-order valence-corrected chi connectivity index (χ4v) is 2.57. The third-order valence-electron chi connectivity index (χ3n) is 3.84. The second kappa shape index (κ2) is 7.08. The van der Waals surface area contributed by atoms with Crippen LogP contribution in [0, 0.1) is 11.8 Å². The summed E-state index contributed by atoms with van der Waals surface area (Å²) in [6.07, 6.45) is 6.95. The predicted molar refractivity (Wildman–Crippen MR) is 69.4 cm³/mol. The van der Waals surface area contributed by atoms with Crippen LogP contribution < -0.4 is 5.32 Å². The molecule has 0 aromatic carbocycles. The van der Waals surface area contributed by atoms with Crippen molar-refractivity contribution in [2.45, 2.75) is 52.5 Å². The summed E-state index contributed by atoms with van der Waals surface area (Å²) < 4.78 is 0. The number of nitrogens with one attached hydrogen (secondary N) is 1. The van der Waals surface area contributed by atoms with Gasteiger partial charge in [0.25, 0.3) is 0 Å². The first-order chi connectivity index (χ1) is 7.65. The maximum atomic E-state index is 8.78. The lowest BCUT2D eigenvalue weighted by atomic mass is 9.80. The van der Waals surface area contributed by atoms with E-state index in [-0.39, 0.29) is 0 Å². The molecular weight excluding hydrogens is 198 g/mol. The fraction of sp³-hybridized carbons (Fsp3) is 0.857. The zero-order chi connectivity index (χ0) is 12.0. The molecule has 0 aromatic rings. The maximum absolute atomic E-state index is 8.78. The molecule has 2 nitrogen and oxygen atoms in total. The van der Waals surface area contributed by atoms with Crippen LogP contribution in [-0.2, 0) is 0 Å². The minimum absolute atomic E-state index is 0.310. The van der Waals surface area contributed by atoms with Crippen molar-refractivity contribution in [2.75, 3.05) is 13.2 Å². The van der Waals surface area contributed by atoms with E-state index < -0.39 is 0 Å². The third-order valence-corrected chi connectivity index (χ3v) is 3.84. The first kappa shape index (κ1) is 13.7. The molecule has 3 atom stereocenters. The minimum Gasteiger partial charge on any atom is -0.396 e. The van der Waals surface area contributed by atoms with Gasteiger partial charge >= 0.3 is 0 Å². The van der Waals surface area contributed by atoms with Gasteiger partial charge < -0.3 is 10.4 Å². The molecule has 1 aliphatic carbocycles. The molecule has 0 fully saturated rings. The molecule has 0 unspecified atom stereocenters. The van der Waals surface area contributed by atoms with Crippen LogP contribution in [0.2, 0.25) is 0 Å². The average molecular weight is 225 g/mol. The summed E-state index contributed by atoms with van der Waals surface area (Å²) in [5.41, 5.74) is 1.56. The summed E-state index contributed by atoms with van der Waals surface area (Å²) in [6.45, 7) is 8.24. The molecule has 0 radical (unpaired) electrons. The molecule has 1 rings (SSSR count). The van der Waals surface area contributed by atoms with Gasteiger partial charge in [-0.15, -0.1) is 0 Å².